The molecule has 1 aromatic heterocycles. The lowest BCUT2D eigenvalue weighted by Crippen LogP contribution is -2.27. The van der Waals surface area contributed by atoms with Crippen LogP contribution in [0.15, 0.2) is 32.9 Å². The largest absolute Gasteiger partial charge is 0.326 e. The number of amides is 1. The fourth-order valence-electron chi connectivity index (χ4n) is 1.88. The normalized spacial score (nSPS) is 14.8. The summed E-state index contributed by atoms with van der Waals surface area (Å²) in [5.41, 5.74) is 2.43. The average Bonchev–Trinajstić information content (AvgIpc) is 2.83. The Morgan fingerprint density at radius 3 is 2.90 bits per heavy atom. The monoisotopic (exact) mass is 325 g/mol. The van der Waals surface area contributed by atoms with E-state index in [4.69, 9.17) is 11.6 Å². The van der Waals surface area contributed by atoms with Gasteiger partial charge in [0.2, 0.25) is 5.91 Å². The van der Waals surface area contributed by atoms with Crippen LogP contribution in [0, 0.1) is 5.92 Å². The average molecular weight is 326 g/mol. The van der Waals surface area contributed by atoms with Gasteiger partial charge in [-0.25, -0.2) is 0 Å². The number of nitrogens with one attached hydrogen (secondary N) is 1. The molecular weight excluding hydrogens is 314 g/mol. The molecule has 1 aliphatic rings. The minimum atomic E-state index is 0.0943. The Hall–Kier alpha value is -1.11. The highest BCUT2D eigenvalue weighted by molar-refractivity contribution is 8.01. The lowest BCUT2D eigenvalue weighted by atomic mass is 9.85. The van der Waals surface area contributed by atoms with Gasteiger partial charge in [0.05, 0.1) is 5.02 Å². The number of nitrogens with zero attached hydrogens (tertiary/aromatic N) is 2. The van der Waals surface area contributed by atoms with E-state index in [1.807, 2.05) is 12.1 Å². The highest BCUT2D eigenvalue weighted by atomic mass is 35.5. The molecule has 3 rings (SSSR count). The van der Waals surface area contributed by atoms with E-state index in [2.05, 4.69) is 15.5 Å². The van der Waals surface area contributed by atoms with E-state index in [0.29, 0.717) is 5.02 Å². The fraction of sp³-hybridized carbons (Fsp3) is 0.308. The van der Waals surface area contributed by atoms with Gasteiger partial charge < -0.3 is 5.32 Å². The van der Waals surface area contributed by atoms with Crippen LogP contribution in [-0.2, 0) is 4.79 Å². The molecule has 0 radical (unpaired) electrons. The van der Waals surface area contributed by atoms with Crippen LogP contribution < -0.4 is 5.32 Å². The molecule has 0 aliphatic heterocycles. The number of carbonyl (C=O) groups is 1. The molecule has 0 unspecified atom stereocenters. The van der Waals surface area contributed by atoms with Crippen molar-refractivity contribution in [2.75, 3.05) is 5.32 Å². The molecule has 0 spiro atoms. The SMILES string of the molecule is O=C(Nc1ccc(Sc2nncs2)c(Cl)c1)C1CCC1. The summed E-state index contributed by atoms with van der Waals surface area (Å²) in [7, 11) is 0. The standard InChI is InChI=1S/C13H12ClN3OS2/c14-10-6-9(16-12(18)8-2-1-3-8)4-5-11(10)20-13-17-15-7-19-13/h4-8H,1-3H2,(H,16,18). The van der Waals surface area contributed by atoms with Crippen molar-refractivity contribution in [3.05, 3.63) is 28.7 Å². The van der Waals surface area contributed by atoms with Gasteiger partial charge >= 0.3 is 0 Å². The molecule has 1 amide bonds. The van der Waals surface area contributed by atoms with Crippen LogP contribution >= 0.6 is 34.7 Å². The van der Waals surface area contributed by atoms with Crippen molar-refractivity contribution < 1.29 is 4.79 Å². The van der Waals surface area contributed by atoms with Crippen LogP contribution in [0.2, 0.25) is 5.02 Å². The molecule has 2 aromatic rings. The van der Waals surface area contributed by atoms with E-state index in [0.717, 1.165) is 34.2 Å². The van der Waals surface area contributed by atoms with Crippen LogP contribution in [0.25, 0.3) is 0 Å². The Labute approximate surface area is 129 Å². The van der Waals surface area contributed by atoms with Crippen LogP contribution in [0.4, 0.5) is 5.69 Å². The molecule has 4 nitrogen and oxygen atoms in total. The molecule has 20 heavy (non-hydrogen) atoms. The van der Waals surface area contributed by atoms with E-state index in [9.17, 15) is 4.79 Å². The zero-order chi connectivity index (χ0) is 13.9. The van der Waals surface area contributed by atoms with E-state index in [1.54, 1.807) is 11.6 Å². The summed E-state index contributed by atoms with van der Waals surface area (Å²) >= 11 is 9.18. The van der Waals surface area contributed by atoms with E-state index in [-0.39, 0.29) is 11.8 Å². The maximum absolute atomic E-state index is 11.9. The van der Waals surface area contributed by atoms with Gasteiger partial charge in [0, 0.05) is 16.5 Å². The summed E-state index contributed by atoms with van der Waals surface area (Å²) < 4.78 is 0.846. The smallest absolute Gasteiger partial charge is 0.227 e. The highest BCUT2D eigenvalue weighted by Crippen LogP contribution is 2.35. The summed E-state index contributed by atoms with van der Waals surface area (Å²) in [5.74, 6) is 0.265. The third-order valence-corrected chi connectivity index (χ3v) is 5.49. The molecule has 1 N–H and O–H groups in total. The van der Waals surface area contributed by atoms with E-state index >= 15 is 0 Å². The molecule has 0 bridgehead atoms. The van der Waals surface area contributed by atoms with Gasteiger partial charge in [0.25, 0.3) is 0 Å². The quantitative estimate of drug-likeness (QED) is 0.920. The molecule has 7 heteroatoms. The lowest BCUT2D eigenvalue weighted by molar-refractivity contribution is -0.122. The van der Waals surface area contributed by atoms with Gasteiger partial charge in [-0.05, 0) is 31.0 Å². The minimum absolute atomic E-state index is 0.0943. The Bertz CT molecular complexity index is 614. The van der Waals surface area contributed by atoms with Crippen molar-refractivity contribution in [2.45, 2.75) is 28.5 Å². The first kappa shape index (κ1) is 13.9. The zero-order valence-corrected chi connectivity index (χ0v) is 12.9. The van der Waals surface area contributed by atoms with Gasteiger partial charge in [-0.3, -0.25) is 4.79 Å². The van der Waals surface area contributed by atoms with Crippen molar-refractivity contribution in [2.24, 2.45) is 5.92 Å². The molecule has 104 valence electrons. The Morgan fingerprint density at radius 2 is 2.30 bits per heavy atom. The van der Waals surface area contributed by atoms with Crippen LogP contribution in [0.5, 0.6) is 0 Å². The molecule has 0 saturated heterocycles. The van der Waals surface area contributed by atoms with Gasteiger partial charge in [0.1, 0.15) is 5.51 Å². The van der Waals surface area contributed by atoms with Crippen molar-refractivity contribution in [1.29, 1.82) is 0 Å². The van der Waals surface area contributed by atoms with Crippen molar-refractivity contribution in [3.63, 3.8) is 0 Å². The summed E-state index contributed by atoms with van der Waals surface area (Å²) in [5, 5.41) is 11.3. The number of rotatable bonds is 4. The molecule has 1 saturated carbocycles. The topological polar surface area (TPSA) is 54.9 Å². The van der Waals surface area contributed by atoms with Crippen LogP contribution in [-0.4, -0.2) is 16.1 Å². The molecule has 1 fully saturated rings. The second-order valence-corrected chi connectivity index (χ2v) is 7.10. The first-order valence-corrected chi connectivity index (χ1v) is 8.34. The number of hydrogen-bond donors (Lipinski definition) is 1. The number of carbonyl (C=O) groups excluding carboxylic acids is 1. The maximum atomic E-state index is 11.9. The first-order chi connectivity index (χ1) is 9.72. The fourth-order valence-corrected chi connectivity index (χ4v) is 3.61. The third kappa shape index (κ3) is 3.13. The highest BCUT2D eigenvalue weighted by Gasteiger charge is 2.25. The van der Waals surface area contributed by atoms with Gasteiger partial charge in [-0.2, -0.15) is 0 Å². The molecule has 0 atom stereocenters. The second kappa shape index (κ2) is 6.11. The number of benzene rings is 1. The molecule has 1 aliphatic carbocycles. The van der Waals surface area contributed by atoms with Gasteiger partial charge in [-0.15, -0.1) is 10.2 Å². The Kier molecular flexibility index (Phi) is 4.24. The predicted molar refractivity (Wildman–Crippen MR) is 81.5 cm³/mol. The summed E-state index contributed by atoms with van der Waals surface area (Å²) in [4.78, 5) is 12.8. The van der Waals surface area contributed by atoms with Gasteiger partial charge in [-0.1, -0.05) is 41.1 Å². The number of aromatic nitrogens is 2. The van der Waals surface area contributed by atoms with Crippen molar-refractivity contribution in [3.8, 4) is 0 Å². The summed E-state index contributed by atoms with van der Waals surface area (Å²) in [6, 6.07) is 5.54. The van der Waals surface area contributed by atoms with Crippen molar-refractivity contribution >= 4 is 46.3 Å². The lowest BCUT2D eigenvalue weighted by Gasteiger charge is -2.24. The predicted octanol–water partition coefficient (Wildman–Crippen LogP) is 4.08. The zero-order valence-electron chi connectivity index (χ0n) is 10.5. The molecule has 1 heterocycles. The van der Waals surface area contributed by atoms with Crippen LogP contribution in [0.1, 0.15) is 19.3 Å². The Balaban J connectivity index is 1.68. The molecule has 1 aromatic carbocycles. The first-order valence-electron chi connectivity index (χ1n) is 6.27. The Morgan fingerprint density at radius 1 is 1.45 bits per heavy atom. The summed E-state index contributed by atoms with van der Waals surface area (Å²) in [6.45, 7) is 0. The minimum Gasteiger partial charge on any atom is -0.326 e. The van der Waals surface area contributed by atoms with E-state index in [1.165, 1.54) is 23.1 Å². The third-order valence-electron chi connectivity index (χ3n) is 3.21. The van der Waals surface area contributed by atoms with Crippen molar-refractivity contribution in [1.82, 2.24) is 10.2 Å². The summed E-state index contributed by atoms with van der Waals surface area (Å²) in [6.07, 6.45) is 3.13. The van der Waals surface area contributed by atoms with Crippen LogP contribution in [0.3, 0.4) is 0 Å². The number of halogens is 1. The second-order valence-electron chi connectivity index (χ2n) is 4.57. The maximum Gasteiger partial charge on any atom is 0.227 e. The van der Waals surface area contributed by atoms with Gasteiger partial charge in [0.15, 0.2) is 4.34 Å². The number of hydrogen-bond acceptors (Lipinski definition) is 5. The van der Waals surface area contributed by atoms with E-state index < -0.39 is 0 Å². The number of anilines is 1. The molecular formula is C13H12ClN3OS2.